The molecule has 0 bridgehead atoms. The van der Waals surface area contributed by atoms with E-state index in [2.05, 4.69) is 0 Å². The zero-order valence-electron chi connectivity index (χ0n) is 14.1. The predicted octanol–water partition coefficient (Wildman–Crippen LogP) is 1.96. The minimum atomic E-state index is -0.983. The molecule has 1 aliphatic rings. The number of carboxylic acid groups (broad SMARTS) is 1. The Labute approximate surface area is 140 Å². The van der Waals surface area contributed by atoms with Crippen LogP contribution in [0.3, 0.4) is 0 Å². The monoisotopic (exact) mass is 334 g/mol. The number of benzene rings is 1. The van der Waals surface area contributed by atoms with Crippen molar-refractivity contribution < 1.29 is 24.2 Å². The van der Waals surface area contributed by atoms with Gasteiger partial charge in [0.1, 0.15) is 12.1 Å². The molecule has 0 saturated carbocycles. The lowest BCUT2D eigenvalue weighted by Crippen LogP contribution is -2.52. The number of ether oxygens (including phenoxy) is 1. The Morgan fingerprint density at radius 1 is 1.17 bits per heavy atom. The zero-order valence-corrected chi connectivity index (χ0v) is 14.1. The van der Waals surface area contributed by atoms with Crippen LogP contribution < -0.4 is 0 Å². The molecular formula is C17H22N2O5. The first-order valence-corrected chi connectivity index (χ1v) is 7.73. The molecule has 7 nitrogen and oxygen atoms in total. The lowest BCUT2D eigenvalue weighted by molar-refractivity contribution is -0.136. The normalized spacial score (nSPS) is 15.4. The molecule has 0 spiro atoms. The summed E-state index contributed by atoms with van der Waals surface area (Å²) in [6.45, 7) is 6.55. The molecule has 0 aromatic heterocycles. The Balaban J connectivity index is 1.93. The molecule has 7 heteroatoms. The predicted molar refractivity (Wildman–Crippen MR) is 86.6 cm³/mol. The van der Waals surface area contributed by atoms with Crippen LogP contribution in [0.15, 0.2) is 24.3 Å². The van der Waals surface area contributed by atoms with Crippen LogP contribution >= 0.6 is 0 Å². The minimum Gasteiger partial charge on any atom is -0.478 e. The molecule has 24 heavy (non-hydrogen) atoms. The van der Waals surface area contributed by atoms with Crippen LogP contribution in [0.4, 0.5) is 4.79 Å². The van der Waals surface area contributed by atoms with Crippen LogP contribution in [0.5, 0.6) is 0 Å². The van der Waals surface area contributed by atoms with Gasteiger partial charge in [0.05, 0.1) is 5.56 Å². The largest absolute Gasteiger partial charge is 0.478 e. The van der Waals surface area contributed by atoms with Crippen molar-refractivity contribution in [3.63, 3.8) is 0 Å². The van der Waals surface area contributed by atoms with Gasteiger partial charge in [-0.05, 0) is 38.5 Å². The average Bonchev–Trinajstić information content (AvgIpc) is 2.48. The van der Waals surface area contributed by atoms with Crippen LogP contribution in [0, 0.1) is 0 Å². The van der Waals surface area contributed by atoms with Gasteiger partial charge in [-0.1, -0.05) is 12.1 Å². The van der Waals surface area contributed by atoms with Crippen LogP contribution in [-0.2, 0) is 16.1 Å². The summed E-state index contributed by atoms with van der Waals surface area (Å²) in [6, 6.07) is 6.41. The highest BCUT2D eigenvalue weighted by Crippen LogP contribution is 2.14. The number of hydrogen-bond acceptors (Lipinski definition) is 4. The fourth-order valence-corrected chi connectivity index (χ4v) is 2.33. The van der Waals surface area contributed by atoms with Crippen molar-refractivity contribution in [3.8, 4) is 0 Å². The number of rotatable bonds is 3. The van der Waals surface area contributed by atoms with Crippen LogP contribution in [-0.4, -0.2) is 58.1 Å². The number of piperazine rings is 1. The van der Waals surface area contributed by atoms with Crippen molar-refractivity contribution in [2.45, 2.75) is 32.9 Å². The van der Waals surface area contributed by atoms with E-state index in [0.717, 1.165) is 5.56 Å². The smallest absolute Gasteiger partial charge is 0.410 e. The molecule has 0 unspecified atom stereocenters. The van der Waals surface area contributed by atoms with E-state index in [1.807, 2.05) is 0 Å². The van der Waals surface area contributed by atoms with Gasteiger partial charge in [0.25, 0.3) is 0 Å². The first kappa shape index (κ1) is 17.8. The fraction of sp³-hybridized carbons (Fsp3) is 0.471. The van der Waals surface area contributed by atoms with E-state index in [1.165, 1.54) is 17.0 Å². The zero-order chi connectivity index (χ0) is 17.9. The maximum atomic E-state index is 12.2. The molecular weight excluding hydrogens is 312 g/mol. The number of carbonyl (C=O) groups excluding carboxylic acids is 2. The van der Waals surface area contributed by atoms with Crippen molar-refractivity contribution in [2.24, 2.45) is 0 Å². The summed E-state index contributed by atoms with van der Waals surface area (Å²) in [6.07, 6.45) is -0.485. The van der Waals surface area contributed by atoms with Gasteiger partial charge in [-0.3, -0.25) is 9.69 Å². The molecule has 1 aromatic rings. The summed E-state index contributed by atoms with van der Waals surface area (Å²) >= 11 is 0. The van der Waals surface area contributed by atoms with E-state index in [9.17, 15) is 14.4 Å². The molecule has 130 valence electrons. The van der Waals surface area contributed by atoms with Crippen molar-refractivity contribution >= 4 is 18.0 Å². The number of carboxylic acids is 1. The molecule has 2 rings (SSSR count). The minimum absolute atomic E-state index is 0.0118. The van der Waals surface area contributed by atoms with E-state index in [4.69, 9.17) is 9.84 Å². The summed E-state index contributed by atoms with van der Waals surface area (Å²) in [5.41, 5.74) is 0.460. The van der Waals surface area contributed by atoms with Crippen LogP contribution in [0.2, 0.25) is 0 Å². The second-order valence-corrected chi connectivity index (χ2v) is 6.72. The Morgan fingerprint density at radius 2 is 1.79 bits per heavy atom. The quantitative estimate of drug-likeness (QED) is 0.913. The summed E-state index contributed by atoms with van der Waals surface area (Å²) < 4.78 is 5.28. The topological polar surface area (TPSA) is 87.2 Å². The van der Waals surface area contributed by atoms with E-state index in [1.54, 1.807) is 37.8 Å². The highest BCUT2D eigenvalue weighted by Gasteiger charge is 2.30. The van der Waals surface area contributed by atoms with Crippen molar-refractivity contribution in [1.29, 1.82) is 0 Å². The molecule has 0 atom stereocenters. The van der Waals surface area contributed by atoms with E-state index >= 15 is 0 Å². The second-order valence-electron chi connectivity index (χ2n) is 6.72. The van der Waals surface area contributed by atoms with Crippen molar-refractivity contribution in [2.75, 3.05) is 19.6 Å². The summed E-state index contributed by atoms with van der Waals surface area (Å²) in [7, 11) is 0. The van der Waals surface area contributed by atoms with Crippen LogP contribution in [0.1, 0.15) is 36.7 Å². The van der Waals surface area contributed by atoms with Crippen LogP contribution in [0.25, 0.3) is 0 Å². The summed E-state index contributed by atoms with van der Waals surface area (Å²) in [5, 5.41) is 8.89. The SMILES string of the molecule is CC(C)(C)OC(=O)N1CCN(Cc2ccc(C(=O)O)cc2)C(=O)C1. The van der Waals surface area contributed by atoms with Crippen molar-refractivity contribution in [3.05, 3.63) is 35.4 Å². The molecule has 1 N–H and O–H groups in total. The van der Waals surface area contributed by atoms with Gasteiger partial charge in [-0.2, -0.15) is 0 Å². The number of hydrogen-bond donors (Lipinski definition) is 1. The number of nitrogens with zero attached hydrogens (tertiary/aromatic N) is 2. The molecule has 2 amide bonds. The molecule has 1 aliphatic heterocycles. The fourth-order valence-electron chi connectivity index (χ4n) is 2.33. The lowest BCUT2D eigenvalue weighted by Gasteiger charge is -2.35. The molecule has 0 radical (unpaired) electrons. The highest BCUT2D eigenvalue weighted by atomic mass is 16.6. The molecule has 1 saturated heterocycles. The highest BCUT2D eigenvalue weighted by molar-refractivity contribution is 5.87. The number of amides is 2. The van der Waals surface area contributed by atoms with Gasteiger partial charge >= 0.3 is 12.1 Å². The first-order chi connectivity index (χ1) is 11.2. The van der Waals surface area contributed by atoms with E-state index in [0.29, 0.717) is 19.6 Å². The van der Waals surface area contributed by atoms with Gasteiger partial charge in [0.2, 0.25) is 5.91 Å². The third-order valence-corrected chi connectivity index (χ3v) is 3.54. The Morgan fingerprint density at radius 3 is 2.29 bits per heavy atom. The van der Waals surface area contributed by atoms with Gasteiger partial charge < -0.3 is 14.7 Å². The number of carbonyl (C=O) groups is 3. The van der Waals surface area contributed by atoms with Gasteiger partial charge in [-0.25, -0.2) is 9.59 Å². The maximum absolute atomic E-state index is 12.2. The van der Waals surface area contributed by atoms with Gasteiger partial charge in [-0.15, -0.1) is 0 Å². The summed E-state index contributed by atoms with van der Waals surface area (Å²) in [4.78, 5) is 38.1. The van der Waals surface area contributed by atoms with E-state index in [-0.39, 0.29) is 18.0 Å². The molecule has 1 fully saturated rings. The third-order valence-electron chi connectivity index (χ3n) is 3.54. The standard InChI is InChI=1S/C17H22N2O5/c1-17(2,3)24-16(23)19-9-8-18(14(20)11-19)10-12-4-6-13(7-5-12)15(21)22/h4-7H,8-11H2,1-3H3,(H,21,22). The van der Waals surface area contributed by atoms with Gasteiger partial charge in [0, 0.05) is 19.6 Å². The Kier molecular flexibility index (Phi) is 5.11. The van der Waals surface area contributed by atoms with E-state index < -0.39 is 17.7 Å². The summed E-state index contributed by atoms with van der Waals surface area (Å²) in [5.74, 6) is -1.14. The third kappa shape index (κ3) is 4.71. The number of aromatic carboxylic acids is 1. The second kappa shape index (κ2) is 6.90. The maximum Gasteiger partial charge on any atom is 0.410 e. The Hall–Kier alpha value is -2.57. The molecule has 1 heterocycles. The average molecular weight is 334 g/mol. The van der Waals surface area contributed by atoms with Crippen molar-refractivity contribution in [1.82, 2.24) is 9.80 Å². The van der Waals surface area contributed by atoms with Gasteiger partial charge in [0.15, 0.2) is 0 Å². The Bertz CT molecular complexity index is 633. The molecule has 0 aliphatic carbocycles. The molecule has 1 aromatic carbocycles. The first-order valence-electron chi connectivity index (χ1n) is 7.73. The lowest BCUT2D eigenvalue weighted by atomic mass is 10.1.